The van der Waals surface area contributed by atoms with Crippen molar-refractivity contribution in [1.29, 1.82) is 0 Å². The van der Waals surface area contributed by atoms with Crippen molar-refractivity contribution in [1.82, 2.24) is 4.98 Å². The van der Waals surface area contributed by atoms with Crippen LogP contribution in [0.5, 0.6) is 0 Å². The van der Waals surface area contributed by atoms with Crippen molar-refractivity contribution in [2.45, 2.75) is 4.90 Å². The summed E-state index contributed by atoms with van der Waals surface area (Å²) in [7, 11) is 0. The molecule has 1 aromatic heterocycles. The molecular formula is C17H13NS. The number of pyridine rings is 1. The number of aromatic nitrogens is 1. The van der Waals surface area contributed by atoms with Crippen LogP contribution in [0.3, 0.4) is 0 Å². The van der Waals surface area contributed by atoms with Crippen LogP contribution in [0.1, 0.15) is 5.56 Å². The lowest BCUT2D eigenvalue weighted by molar-refractivity contribution is 1.39. The highest BCUT2D eigenvalue weighted by molar-refractivity contribution is 8.02. The minimum absolute atomic E-state index is 1.04. The third-order valence-corrected chi connectivity index (χ3v) is 3.74. The first-order chi connectivity index (χ1) is 9.43. The first kappa shape index (κ1) is 12.0. The zero-order chi connectivity index (χ0) is 12.9. The second-order valence-corrected chi connectivity index (χ2v) is 5.11. The standard InChI is InChI=1S/C17H13NS/c1-2-6-14(7-3-1)11-13-19-17-10-4-9-16-15(17)8-5-12-18-16/h1-13H. The molecule has 0 aliphatic rings. The molecule has 0 aliphatic carbocycles. The third-order valence-electron chi connectivity index (χ3n) is 2.86. The molecule has 0 radical (unpaired) electrons. The number of benzene rings is 2. The molecule has 3 rings (SSSR count). The molecule has 3 aromatic rings. The van der Waals surface area contributed by atoms with Crippen molar-refractivity contribution in [3.63, 3.8) is 0 Å². The summed E-state index contributed by atoms with van der Waals surface area (Å²) in [5, 5.41) is 3.32. The molecule has 92 valence electrons. The van der Waals surface area contributed by atoms with Gasteiger partial charge in [-0.15, -0.1) is 0 Å². The molecule has 0 fully saturated rings. The molecule has 0 N–H and O–H groups in total. The van der Waals surface area contributed by atoms with Gasteiger partial charge in [-0.2, -0.15) is 0 Å². The van der Waals surface area contributed by atoms with Crippen LogP contribution in [-0.2, 0) is 0 Å². The molecule has 0 spiro atoms. The minimum Gasteiger partial charge on any atom is -0.256 e. The fourth-order valence-corrected chi connectivity index (χ4v) is 2.76. The van der Waals surface area contributed by atoms with Crippen LogP contribution < -0.4 is 0 Å². The molecule has 0 aliphatic heterocycles. The van der Waals surface area contributed by atoms with E-state index in [2.05, 4.69) is 40.7 Å². The average Bonchev–Trinajstić information content (AvgIpc) is 2.49. The summed E-state index contributed by atoms with van der Waals surface area (Å²) in [4.78, 5) is 5.60. The van der Waals surface area contributed by atoms with Gasteiger partial charge in [-0.25, -0.2) is 0 Å². The Labute approximate surface area is 117 Å². The van der Waals surface area contributed by atoms with E-state index in [0.29, 0.717) is 0 Å². The van der Waals surface area contributed by atoms with Crippen LogP contribution in [0.15, 0.2) is 77.2 Å². The average molecular weight is 263 g/mol. The van der Waals surface area contributed by atoms with E-state index in [1.807, 2.05) is 42.6 Å². The fourth-order valence-electron chi connectivity index (χ4n) is 1.93. The second kappa shape index (κ2) is 5.72. The summed E-state index contributed by atoms with van der Waals surface area (Å²) in [6.45, 7) is 0. The van der Waals surface area contributed by atoms with Gasteiger partial charge in [0.1, 0.15) is 0 Å². The Kier molecular flexibility index (Phi) is 3.61. The highest BCUT2D eigenvalue weighted by Crippen LogP contribution is 2.27. The quantitative estimate of drug-likeness (QED) is 0.617. The third kappa shape index (κ3) is 2.85. The van der Waals surface area contributed by atoms with Crippen molar-refractivity contribution in [2.24, 2.45) is 0 Å². The summed E-state index contributed by atoms with van der Waals surface area (Å²) in [6, 6.07) is 20.6. The van der Waals surface area contributed by atoms with E-state index in [1.165, 1.54) is 15.8 Å². The minimum atomic E-state index is 1.04. The van der Waals surface area contributed by atoms with Gasteiger partial charge in [0.05, 0.1) is 5.52 Å². The van der Waals surface area contributed by atoms with E-state index < -0.39 is 0 Å². The zero-order valence-corrected chi connectivity index (χ0v) is 11.2. The Morgan fingerprint density at radius 2 is 1.74 bits per heavy atom. The molecule has 19 heavy (non-hydrogen) atoms. The number of fused-ring (bicyclic) bond motifs is 1. The van der Waals surface area contributed by atoms with Gasteiger partial charge in [0, 0.05) is 16.5 Å². The molecule has 0 bridgehead atoms. The van der Waals surface area contributed by atoms with Crippen LogP contribution >= 0.6 is 11.8 Å². The highest BCUT2D eigenvalue weighted by atomic mass is 32.2. The van der Waals surface area contributed by atoms with Crippen LogP contribution in [0, 0.1) is 0 Å². The van der Waals surface area contributed by atoms with Crippen molar-refractivity contribution < 1.29 is 0 Å². The first-order valence-electron chi connectivity index (χ1n) is 6.15. The predicted molar refractivity (Wildman–Crippen MR) is 83.1 cm³/mol. The Morgan fingerprint density at radius 1 is 0.842 bits per heavy atom. The zero-order valence-electron chi connectivity index (χ0n) is 10.4. The summed E-state index contributed by atoms with van der Waals surface area (Å²) >= 11 is 1.72. The van der Waals surface area contributed by atoms with E-state index in [4.69, 9.17) is 0 Å². The molecule has 1 nitrogen and oxygen atoms in total. The Bertz CT molecular complexity index is 699. The number of nitrogens with zero attached hydrogens (tertiary/aromatic N) is 1. The second-order valence-electron chi connectivity index (χ2n) is 4.16. The topological polar surface area (TPSA) is 12.9 Å². The lowest BCUT2D eigenvalue weighted by Gasteiger charge is -2.02. The smallest absolute Gasteiger partial charge is 0.0713 e. The van der Waals surface area contributed by atoms with Crippen molar-refractivity contribution >= 4 is 28.7 Å². The van der Waals surface area contributed by atoms with E-state index in [-0.39, 0.29) is 0 Å². The molecule has 2 heteroatoms. The SMILES string of the molecule is C(=Cc1ccccc1)Sc1cccc2ncccc12. The van der Waals surface area contributed by atoms with Gasteiger partial charge in [0.15, 0.2) is 0 Å². The maximum absolute atomic E-state index is 4.37. The molecule has 0 saturated carbocycles. The Morgan fingerprint density at radius 3 is 2.63 bits per heavy atom. The van der Waals surface area contributed by atoms with Gasteiger partial charge < -0.3 is 0 Å². The highest BCUT2D eigenvalue weighted by Gasteiger charge is 1.99. The monoisotopic (exact) mass is 263 g/mol. The molecule has 2 aromatic carbocycles. The van der Waals surface area contributed by atoms with E-state index in [1.54, 1.807) is 11.8 Å². The van der Waals surface area contributed by atoms with Gasteiger partial charge in [-0.1, -0.05) is 54.2 Å². The van der Waals surface area contributed by atoms with E-state index in [9.17, 15) is 0 Å². The first-order valence-corrected chi connectivity index (χ1v) is 7.03. The number of rotatable bonds is 3. The summed E-state index contributed by atoms with van der Waals surface area (Å²) < 4.78 is 0. The van der Waals surface area contributed by atoms with Crippen LogP contribution in [-0.4, -0.2) is 4.98 Å². The van der Waals surface area contributed by atoms with Gasteiger partial charge in [0.25, 0.3) is 0 Å². The lowest BCUT2D eigenvalue weighted by Crippen LogP contribution is -1.79. The molecule has 0 saturated heterocycles. The maximum atomic E-state index is 4.37. The van der Waals surface area contributed by atoms with Gasteiger partial charge >= 0.3 is 0 Å². The van der Waals surface area contributed by atoms with Gasteiger partial charge in [-0.05, 0) is 35.2 Å². The van der Waals surface area contributed by atoms with Crippen molar-refractivity contribution in [2.75, 3.05) is 0 Å². The van der Waals surface area contributed by atoms with Gasteiger partial charge in [0.2, 0.25) is 0 Å². The largest absolute Gasteiger partial charge is 0.256 e. The number of thioether (sulfide) groups is 1. The van der Waals surface area contributed by atoms with Crippen LogP contribution in [0.25, 0.3) is 17.0 Å². The summed E-state index contributed by atoms with van der Waals surface area (Å²) in [5.41, 5.74) is 2.26. The van der Waals surface area contributed by atoms with Gasteiger partial charge in [-0.3, -0.25) is 4.98 Å². The maximum Gasteiger partial charge on any atom is 0.0713 e. The molecule has 1 heterocycles. The number of hydrogen-bond acceptors (Lipinski definition) is 2. The summed E-state index contributed by atoms with van der Waals surface area (Å²) in [6.07, 6.45) is 3.95. The van der Waals surface area contributed by atoms with E-state index >= 15 is 0 Å². The summed E-state index contributed by atoms with van der Waals surface area (Å²) in [5.74, 6) is 0. The Hall–Kier alpha value is -2.06. The van der Waals surface area contributed by atoms with E-state index in [0.717, 1.165) is 5.52 Å². The normalized spacial score (nSPS) is 11.2. The Balaban J connectivity index is 1.84. The van der Waals surface area contributed by atoms with Crippen LogP contribution in [0.2, 0.25) is 0 Å². The van der Waals surface area contributed by atoms with Crippen molar-refractivity contribution in [3.8, 4) is 0 Å². The molecule has 0 unspecified atom stereocenters. The van der Waals surface area contributed by atoms with Crippen LogP contribution in [0.4, 0.5) is 0 Å². The predicted octanol–water partition coefficient (Wildman–Crippen LogP) is 5.00. The van der Waals surface area contributed by atoms with Crippen molar-refractivity contribution in [3.05, 3.63) is 77.8 Å². The molecular weight excluding hydrogens is 250 g/mol. The fraction of sp³-hybridized carbons (Fsp3) is 0. The lowest BCUT2D eigenvalue weighted by atomic mass is 10.2. The number of hydrogen-bond donors (Lipinski definition) is 0. The molecule has 0 atom stereocenters. The molecule has 0 amide bonds.